The highest BCUT2D eigenvalue weighted by Gasteiger charge is 2.29. The van der Waals surface area contributed by atoms with Gasteiger partial charge in [0, 0.05) is 48.0 Å². The number of ether oxygens (including phenoxy) is 1. The number of carbonyl (C=O) groups excluding carboxylic acids is 1. The third kappa shape index (κ3) is 5.30. The van der Waals surface area contributed by atoms with E-state index in [0.29, 0.717) is 47.9 Å². The first-order chi connectivity index (χ1) is 16.8. The molecule has 0 aliphatic carbocycles. The van der Waals surface area contributed by atoms with E-state index in [1.54, 1.807) is 16.6 Å². The van der Waals surface area contributed by atoms with Crippen molar-refractivity contribution < 1.29 is 13.9 Å². The first-order valence-electron chi connectivity index (χ1n) is 11.6. The molecule has 1 saturated heterocycles. The molecule has 1 N–H and O–H groups in total. The van der Waals surface area contributed by atoms with Gasteiger partial charge in [-0.3, -0.25) is 9.69 Å². The molecule has 184 valence electrons. The minimum absolute atomic E-state index is 0.00436. The van der Waals surface area contributed by atoms with Crippen molar-refractivity contribution in [1.82, 2.24) is 24.8 Å². The van der Waals surface area contributed by atoms with Gasteiger partial charge in [-0.1, -0.05) is 17.7 Å². The van der Waals surface area contributed by atoms with E-state index >= 15 is 0 Å². The van der Waals surface area contributed by atoms with Crippen molar-refractivity contribution >= 4 is 23.2 Å². The Morgan fingerprint density at radius 3 is 2.94 bits per heavy atom. The van der Waals surface area contributed by atoms with Crippen LogP contribution in [0.25, 0.3) is 5.65 Å². The van der Waals surface area contributed by atoms with Crippen molar-refractivity contribution in [3.8, 4) is 6.07 Å². The van der Waals surface area contributed by atoms with Crippen LogP contribution in [-0.2, 0) is 16.0 Å². The lowest BCUT2D eigenvalue weighted by Gasteiger charge is -2.38. The SMILES string of the molecule is Cc1nc2c(C#N)cnn2c(C)c1CCC(=O)NCC(c1c(F)cccc1Cl)N1CCOC(C)C1. The largest absolute Gasteiger partial charge is 0.376 e. The maximum Gasteiger partial charge on any atom is 0.220 e. The van der Waals surface area contributed by atoms with Crippen molar-refractivity contribution in [2.75, 3.05) is 26.2 Å². The van der Waals surface area contributed by atoms with E-state index in [0.717, 1.165) is 17.0 Å². The zero-order valence-electron chi connectivity index (χ0n) is 20.0. The topological polar surface area (TPSA) is 95.6 Å². The second-order valence-corrected chi connectivity index (χ2v) is 9.21. The van der Waals surface area contributed by atoms with Gasteiger partial charge >= 0.3 is 0 Å². The summed E-state index contributed by atoms with van der Waals surface area (Å²) in [4.78, 5) is 19.5. The van der Waals surface area contributed by atoms with Crippen LogP contribution in [0.5, 0.6) is 0 Å². The molecule has 35 heavy (non-hydrogen) atoms. The molecule has 0 saturated carbocycles. The molecular formula is C25H28ClFN6O2. The molecule has 1 aliphatic heterocycles. The van der Waals surface area contributed by atoms with Crippen LogP contribution in [0.15, 0.2) is 24.4 Å². The van der Waals surface area contributed by atoms with Crippen LogP contribution in [0.4, 0.5) is 4.39 Å². The summed E-state index contributed by atoms with van der Waals surface area (Å²) in [5, 5.41) is 16.8. The Kier molecular flexibility index (Phi) is 7.65. The average Bonchev–Trinajstić information content (AvgIpc) is 3.23. The Morgan fingerprint density at radius 1 is 1.43 bits per heavy atom. The number of aromatic nitrogens is 3. The lowest BCUT2D eigenvalue weighted by Crippen LogP contribution is -2.47. The summed E-state index contributed by atoms with van der Waals surface area (Å²) in [7, 11) is 0. The van der Waals surface area contributed by atoms with Crippen LogP contribution in [0.3, 0.4) is 0 Å². The third-order valence-electron chi connectivity index (χ3n) is 6.47. The molecule has 1 fully saturated rings. The molecule has 2 atom stereocenters. The Bertz CT molecular complexity index is 1270. The van der Waals surface area contributed by atoms with Gasteiger partial charge in [0.2, 0.25) is 5.91 Å². The van der Waals surface area contributed by atoms with Gasteiger partial charge in [0.25, 0.3) is 0 Å². The molecule has 2 aromatic heterocycles. The van der Waals surface area contributed by atoms with E-state index in [1.165, 1.54) is 12.3 Å². The predicted molar refractivity (Wildman–Crippen MR) is 130 cm³/mol. The fourth-order valence-corrected chi connectivity index (χ4v) is 4.95. The maximum atomic E-state index is 14.8. The van der Waals surface area contributed by atoms with Crippen LogP contribution in [-0.4, -0.2) is 57.8 Å². The quantitative estimate of drug-likeness (QED) is 0.535. The summed E-state index contributed by atoms with van der Waals surface area (Å²) in [6.07, 6.45) is 2.20. The number of benzene rings is 1. The van der Waals surface area contributed by atoms with Gasteiger partial charge in [-0.2, -0.15) is 10.4 Å². The van der Waals surface area contributed by atoms with Gasteiger partial charge < -0.3 is 10.1 Å². The Hall–Kier alpha value is -3.06. The maximum absolute atomic E-state index is 14.8. The molecule has 8 nitrogen and oxygen atoms in total. The first-order valence-corrected chi connectivity index (χ1v) is 12.0. The van der Waals surface area contributed by atoms with E-state index in [4.69, 9.17) is 16.3 Å². The lowest BCUT2D eigenvalue weighted by molar-refractivity contribution is -0.121. The molecule has 3 heterocycles. The zero-order chi connectivity index (χ0) is 25.1. The fraction of sp³-hybridized carbons (Fsp3) is 0.440. The highest BCUT2D eigenvalue weighted by Crippen LogP contribution is 2.31. The second-order valence-electron chi connectivity index (χ2n) is 8.80. The molecule has 10 heteroatoms. The van der Waals surface area contributed by atoms with Crippen molar-refractivity contribution in [2.24, 2.45) is 0 Å². The minimum Gasteiger partial charge on any atom is -0.376 e. The predicted octanol–water partition coefficient (Wildman–Crippen LogP) is 3.52. The number of fused-ring (bicyclic) bond motifs is 1. The monoisotopic (exact) mass is 498 g/mol. The number of hydrogen-bond acceptors (Lipinski definition) is 6. The molecule has 1 aromatic carbocycles. The average molecular weight is 499 g/mol. The second kappa shape index (κ2) is 10.7. The number of nitriles is 1. The number of rotatable bonds is 7. The van der Waals surface area contributed by atoms with Gasteiger partial charge in [-0.25, -0.2) is 13.9 Å². The summed E-state index contributed by atoms with van der Waals surface area (Å²) in [5.41, 5.74) is 3.84. The minimum atomic E-state index is -0.408. The standard InChI is InChI=1S/C25H28ClFN6O2/c1-15-14-32(9-10-35-15)22(24-20(26)5-4-6-21(24)27)13-29-23(34)8-7-19-16(2)31-25-18(11-28)12-30-33(25)17(19)3/h4-6,12,15,22H,7-10,13-14H2,1-3H3,(H,29,34). The highest BCUT2D eigenvalue weighted by atomic mass is 35.5. The van der Waals surface area contributed by atoms with Crippen LogP contribution in [0.1, 0.15) is 47.5 Å². The molecule has 0 spiro atoms. The van der Waals surface area contributed by atoms with E-state index in [2.05, 4.69) is 26.4 Å². The van der Waals surface area contributed by atoms with E-state index in [1.807, 2.05) is 20.8 Å². The summed E-state index contributed by atoms with van der Waals surface area (Å²) >= 11 is 6.39. The van der Waals surface area contributed by atoms with E-state index in [9.17, 15) is 14.4 Å². The number of aryl methyl sites for hydroxylation is 2. The summed E-state index contributed by atoms with van der Waals surface area (Å²) in [5.74, 6) is -0.543. The highest BCUT2D eigenvalue weighted by molar-refractivity contribution is 6.31. The zero-order valence-corrected chi connectivity index (χ0v) is 20.8. The Balaban J connectivity index is 1.47. The smallest absolute Gasteiger partial charge is 0.220 e. The summed E-state index contributed by atoms with van der Waals surface area (Å²) in [6.45, 7) is 7.74. The molecule has 0 bridgehead atoms. The van der Waals surface area contributed by atoms with Gasteiger partial charge in [0.15, 0.2) is 5.65 Å². The lowest BCUT2D eigenvalue weighted by atomic mass is 10.0. The number of nitrogens with one attached hydrogen (secondary N) is 1. The van der Waals surface area contributed by atoms with Crippen LogP contribution >= 0.6 is 11.6 Å². The number of carbonyl (C=O) groups is 1. The number of hydrogen-bond donors (Lipinski definition) is 1. The van der Waals surface area contributed by atoms with Crippen LogP contribution in [0.2, 0.25) is 5.02 Å². The molecule has 1 amide bonds. The third-order valence-corrected chi connectivity index (χ3v) is 6.80. The molecule has 4 rings (SSSR count). The molecule has 1 aliphatic rings. The number of amides is 1. The van der Waals surface area contributed by atoms with Gasteiger partial charge in [-0.15, -0.1) is 0 Å². The van der Waals surface area contributed by atoms with Gasteiger partial charge in [0.1, 0.15) is 17.4 Å². The normalized spacial score (nSPS) is 17.3. The molecule has 3 aromatic rings. The molecule has 0 radical (unpaired) electrons. The van der Waals surface area contributed by atoms with E-state index in [-0.39, 0.29) is 25.0 Å². The van der Waals surface area contributed by atoms with Crippen molar-refractivity contribution in [3.63, 3.8) is 0 Å². The Morgan fingerprint density at radius 2 is 2.23 bits per heavy atom. The Labute approximate surface area is 208 Å². The van der Waals surface area contributed by atoms with Crippen molar-refractivity contribution in [3.05, 3.63) is 63.3 Å². The summed E-state index contributed by atoms with van der Waals surface area (Å²) in [6, 6.07) is 6.32. The number of halogens is 2. The summed E-state index contributed by atoms with van der Waals surface area (Å²) < 4.78 is 22.1. The van der Waals surface area contributed by atoms with Crippen molar-refractivity contribution in [2.45, 2.75) is 45.8 Å². The van der Waals surface area contributed by atoms with E-state index < -0.39 is 11.9 Å². The van der Waals surface area contributed by atoms with Crippen LogP contribution < -0.4 is 5.32 Å². The van der Waals surface area contributed by atoms with Crippen molar-refractivity contribution in [1.29, 1.82) is 5.26 Å². The van der Waals surface area contributed by atoms with Gasteiger partial charge in [-0.05, 0) is 44.9 Å². The number of nitrogens with zero attached hydrogens (tertiary/aromatic N) is 5. The van der Waals surface area contributed by atoms with Gasteiger partial charge in [0.05, 0.1) is 24.9 Å². The first kappa shape index (κ1) is 25.0. The molecular weight excluding hydrogens is 471 g/mol. The van der Waals surface area contributed by atoms with Crippen LogP contribution in [0, 0.1) is 31.0 Å². The molecule has 2 unspecified atom stereocenters. The fourth-order valence-electron chi connectivity index (χ4n) is 4.66. The number of morpholine rings is 1.